The number of hydrogen-bond donors (Lipinski definition) is 2. The average Bonchev–Trinajstić information content (AvgIpc) is 3.35. The Bertz CT molecular complexity index is 1030. The summed E-state index contributed by atoms with van der Waals surface area (Å²) < 4.78 is 13.6. The van der Waals surface area contributed by atoms with Crippen molar-refractivity contribution in [3.05, 3.63) is 46.3 Å². The number of rotatable bonds is 6. The van der Waals surface area contributed by atoms with Gasteiger partial charge in [-0.1, -0.05) is 24.9 Å². The van der Waals surface area contributed by atoms with E-state index in [0.717, 1.165) is 35.7 Å². The maximum Gasteiger partial charge on any atom is 0.334 e. The highest BCUT2D eigenvalue weighted by Crippen LogP contribution is 2.32. The van der Waals surface area contributed by atoms with E-state index >= 15 is 0 Å². The van der Waals surface area contributed by atoms with E-state index in [1.54, 1.807) is 13.4 Å². The topological polar surface area (TPSA) is 83.9 Å². The smallest absolute Gasteiger partial charge is 0.334 e. The van der Waals surface area contributed by atoms with Crippen LogP contribution in [0.15, 0.2) is 29.3 Å². The number of methoxy groups -OCH3 is 1. The highest BCUT2D eigenvalue weighted by atomic mass is 16.5. The number of nitrogens with one attached hydrogen (secondary N) is 2. The Morgan fingerprint density at radius 1 is 1.25 bits per heavy atom. The van der Waals surface area contributed by atoms with Gasteiger partial charge in [0, 0.05) is 5.92 Å². The highest BCUT2D eigenvalue weighted by molar-refractivity contribution is 5.65. The lowest BCUT2D eigenvalue weighted by Crippen LogP contribution is -2.38. The van der Waals surface area contributed by atoms with Crippen LogP contribution in [0.2, 0.25) is 0 Å². The predicted molar refractivity (Wildman–Crippen MR) is 106 cm³/mol. The fourth-order valence-corrected chi connectivity index (χ4v) is 3.71. The first kappa shape index (κ1) is 18.5. The summed E-state index contributed by atoms with van der Waals surface area (Å²) in [6.07, 6.45) is 6.56. The Balaban J connectivity index is 1.67. The molecule has 0 radical (unpaired) electrons. The molecular weight excluding hydrogens is 356 g/mol. The van der Waals surface area contributed by atoms with Crippen molar-refractivity contribution in [2.24, 2.45) is 0 Å². The van der Waals surface area contributed by atoms with Crippen LogP contribution in [0, 0.1) is 0 Å². The lowest BCUT2D eigenvalue weighted by Gasteiger charge is -2.16. The molecule has 2 aromatic heterocycles. The molecule has 4 rings (SSSR count). The fourth-order valence-electron chi connectivity index (χ4n) is 3.71. The molecule has 7 nitrogen and oxygen atoms in total. The molecule has 28 heavy (non-hydrogen) atoms. The minimum atomic E-state index is -0.161. The van der Waals surface area contributed by atoms with Crippen LogP contribution in [0.25, 0.3) is 11.2 Å². The van der Waals surface area contributed by atoms with Gasteiger partial charge in [-0.3, -0.25) is 0 Å². The zero-order valence-electron chi connectivity index (χ0n) is 16.6. The number of ether oxygens (including phenoxy) is 2. The van der Waals surface area contributed by atoms with E-state index in [9.17, 15) is 4.79 Å². The van der Waals surface area contributed by atoms with Crippen LogP contribution >= 0.6 is 0 Å². The zero-order chi connectivity index (χ0) is 19.7. The summed E-state index contributed by atoms with van der Waals surface area (Å²) >= 11 is 0. The van der Waals surface area contributed by atoms with Crippen molar-refractivity contribution in [2.45, 2.75) is 58.1 Å². The molecule has 0 unspecified atom stereocenters. The van der Waals surface area contributed by atoms with Crippen molar-refractivity contribution in [3.8, 4) is 11.5 Å². The van der Waals surface area contributed by atoms with Gasteiger partial charge in [0.15, 0.2) is 23.7 Å². The van der Waals surface area contributed by atoms with Crippen molar-refractivity contribution < 1.29 is 14.0 Å². The molecular formula is C21H27N4O3+. The van der Waals surface area contributed by atoms with Crippen LogP contribution in [-0.2, 0) is 6.54 Å². The van der Waals surface area contributed by atoms with Crippen LogP contribution in [0.5, 0.6) is 11.5 Å². The van der Waals surface area contributed by atoms with Crippen LogP contribution in [0.4, 0.5) is 0 Å². The molecule has 0 aliphatic heterocycles. The summed E-state index contributed by atoms with van der Waals surface area (Å²) in [5.41, 5.74) is 2.05. The van der Waals surface area contributed by atoms with E-state index < -0.39 is 0 Å². The summed E-state index contributed by atoms with van der Waals surface area (Å²) in [5.74, 6) is 2.54. The largest absolute Gasteiger partial charge is 0.493 e. The second-order valence-corrected chi connectivity index (χ2v) is 7.72. The van der Waals surface area contributed by atoms with Gasteiger partial charge in [-0.2, -0.15) is 0 Å². The molecule has 1 fully saturated rings. The predicted octanol–water partition coefficient (Wildman–Crippen LogP) is 3.04. The molecule has 1 aliphatic rings. The summed E-state index contributed by atoms with van der Waals surface area (Å²) in [5, 5.41) is 0. The lowest BCUT2D eigenvalue weighted by molar-refractivity contribution is -0.667. The summed E-state index contributed by atoms with van der Waals surface area (Å²) in [7, 11) is 1.66. The van der Waals surface area contributed by atoms with Gasteiger partial charge in [0.05, 0.1) is 19.8 Å². The minimum absolute atomic E-state index is 0.161. The Labute approximate surface area is 163 Å². The third-order valence-corrected chi connectivity index (χ3v) is 5.28. The zero-order valence-corrected chi connectivity index (χ0v) is 16.6. The number of nitrogens with zero attached hydrogens (tertiary/aromatic N) is 2. The number of imidazole rings is 1. The minimum Gasteiger partial charge on any atom is -0.493 e. The number of H-pyrrole nitrogens is 2. The molecule has 0 saturated heterocycles. The van der Waals surface area contributed by atoms with Crippen molar-refractivity contribution >= 4 is 11.2 Å². The molecule has 1 aromatic carbocycles. The van der Waals surface area contributed by atoms with Gasteiger partial charge in [0.2, 0.25) is 5.52 Å². The molecule has 1 aliphatic carbocycles. The normalized spacial score (nSPS) is 14.9. The second-order valence-electron chi connectivity index (χ2n) is 7.72. The SMILES string of the molecule is COc1ccc(C[n+]2c[nH]c(=O)c3[nH]c(C(C)C)nc32)cc1OC1CCCC1. The molecule has 148 valence electrons. The lowest BCUT2D eigenvalue weighted by atomic mass is 10.2. The molecule has 7 heteroatoms. The van der Waals surface area contributed by atoms with Crippen molar-refractivity contribution in [1.82, 2.24) is 15.0 Å². The van der Waals surface area contributed by atoms with Crippen LogP contribution in [0.1, 0.15) is 56.8 Å². The van der Waals surface area contributed by atoms with E-state index in [2.05, 4.69) is 15.0 Å². The number of fused-ring (bicyclic) bond motifs is 1. The first-order valence-corrected chi connectivity index (χ1v) is 9.89. The van der Waals surface area contributed by atoms with Gasteiger partial charge in [0.25, 0.3) is 5.65 Å². The van der Waals surface area contributed by atoms with E-state index in [0.29, 0.717) is 17.7 Å². The van der Waals surface area contributed by atoms with Gasteiger partial charge < -0.3 is 14.5 Å². The number of hydrogen-bond acceptors (Lipinski definition) is 4. The first-order chi connectivity index (χ1) is 13.5. The number of benzene rings is 1. The monoisotopic (exact) mass is 383 g/mol. The van der Waals surface area contributed by atoms with Gasteiger partial charge in [-0.25, -0.2) is 14.3 Å². The summed E-state index contributed by atoms with van der Waals surface area (Å²) in [6, 6.07) is 5.98. The Hall–Kier alpha value is -2.83. The van der Waals surface area contributed by atoms with E-state index in [1.165, 1.54) is 12.8 Å². The number of aromatic nitrogens is 4. The molecule has 0 bridgehead atoms. The molecule has 0 amide bonds. The van der Waals surface area contributed by atoms with Crippen LogP contribution < -0.4 is 19.6 Å². The second kappa shape index (κ2) is 7.66. The van der Waals surface area contributed by atoms with E-state index in [-0.39, 0.29) is 17.6 Å². The quantitative estimate of drug-likeness (QED) is 0.641. The Kier molecular flexibility index (Phi) is 5.07. The Morgan fingerprint density at radius 2 is 2.04 bits per heavy atom. The van der Waals surface area contributed by atoms with E-state index in [4.69, 9.17) is 9.47 Å². The van der Waals surface area contributed by atoms with Gasteiger partial charge >= 0.3 is 5.56 Å². The fraction of sp³-hybridized carbons (Fsp3) is 0.476. The molecule has 2 heterocycles. The molecule has 2 N–H and O–H groups in total. The van der Waals surface area contributed by atoms with Gasteiger partial charge in [-0.15, -0.1) is 0 Å². The summed E-state index contributed by atoms with van der Waals surface area (Å²) in [6.45, 7) is 4.67. The highest BCUT2D eigenvalue weighted by Gasteiger charge is 2.21. The van der Waals surface area contributed by atoms with Crippen LogP contribution in [0.3, 0.4) is 0 Å². The molecule has 0 spiro atoms. The standard InChI is InChI=1S/C21H26N4O3/c1-13(2)19-23-18-20(24-19)25(12-22-21(18)26)11-14-8-9-16(27-3)17(10-14)28-15-6-4-5-7-15/h8-10,12-13,15H,4-7,11H2,1-3H3,(H,23,24,26)/p+1. The van der Waals surface area contributed by atoms with Crippen molar-refractivity contribution in [1.29, 1.82) is 0 Å². The number of aromatic amines is 2. The van der Waals surface area contributed by atoms with Crippen molar-refractivity contribution in [2.75, 3.05) is 7.11 Å². The third kappa shape index (κ3) is 3.61. The first-order valence-electron chi connectivity index (χ1n) is 9.89. The molecule has 3 aromatic rings. The maximum atomic E-state index is 12.2. The molecule has 1 saturated carbocycles. The van der Waals surface area contributed by atoms with Crippen LogP contribution in [-0.4, -0.2) is 28.2 Å². The van der Waals surface area contributed by atoms with E-state index in [1.807, 2.05) is 36.6 Å². The maximum absolute atomic E-state index is 12.2. The average molecular weight is 383 g/mol. The van der Waals surface area contributed by atoms with Gasteiger partial charge in [-0.05, 0) is 43.4 Å². The Morgan fingerprint density at radius 3 is 2.75 bits per heavy atom. The van der Waals surface area contributed by atoms with Crippen molar-refractivity contribution in [3.63, 3.8) is 0 Å². The molecule has 0 atom stereocenters. The third-order valence-electron chi connectivity index (χ3n) is 5.28. The van der Waals surface area contributed by atoms with Gasteiger partial charge in [0.1, 0.15) is 0 Å². The summed E-state index contributed by atoms with van der Waals surface area (Å²) in [4.78, 5) is 22.8.